The maximum absolute atomic E-state index is 12.5. The Morgan fingerprint density at radius 2 is 1.80 bits per heavy atom. The van der Waals surface area contributed by atoms with Gasteiger partial charge in [-0.25, -0.2) is 13.1 Å². The number of nitrogens with two attached hydrogens (primary N) is 1. The molecule has 0 aliphatic heterocycles. The van der Waals surface area contributed by atoms with Gasteiger partial charge in [-0.2, -0.15) is 0 Å². The van der Waals surface area contributed by atoms with E-state index in [1.807, 2.05) is 13.8 Å². The van der Waals surface area contributed by atoms with Crippen LogP contribution in [0.15, 0.2) is 21.5 Å². The van der Waals surface area contributed by atoms with Gasteiger partial charge < -0.3 is 5.73 Å². The quantitative estimate of drug-likeness (QED) is 0.791. The summed E-state index contributed by atoms with van der Waals surface area (Å²) in [6.07, 6.45) is 0. The molecule has 0 aromatic heterocycles. The molecule has 0 heterocycles. The zero-order valence-electron chi connectivity index (χ0n) is 11.4. The Labute approximate surface area is 138 Å². The molecule has 114 valence electrons. The van der Waals surface area contributed by atoms with Gasteiger partial charge in [-0.05, 0) is 25.0 Å². The second-order valence-corrected chi connectivity index (χ2v) is 8.43. The molecule has 0 aliphatic rings. The molecule has 0 saturated heterocycles. The van der Waals surface area contributed by atoms with Crippen LogP contribution in [0, 0.1) is 5.92 Å². The van der Waals surface area contributed by atoms with Crippen molar-refractivity contribution < 1.29 is 8.42 Å². The van der Waals surface area contributed by atoms with Gasteiger partial charge in [0.1, 0.15) is 4.90 Å². The van der Waals surface area contributed by atoms with Crippen molar-refractivity contribution in [3.05, 3.63) is 26.7 Å². The first kappa shape index (κ1) is 18.2. The van der Waals surface area contributed by atoms with Crippen molar-refractivity contribution in [2.75, 3.05) is 6.54 Å². The van der Waals surface area contributed by atoms with Gasteiger partial charge in [-0.1, -0.05) is 53.0 Å². The number of sulfonamides is 1. The van der Waals surface area contributed by atoms with Crippen LogP contribution in [-0.2, 0) is 10.0 Å². The molecule has 0 saturated carbocycles. The van der Waals surface area contributed by atoms with Gasteiger partial charge >= 0.3 is 0 Å². The Balaban J connectivity index is 3.32. The van der Waals surface area contributed by atoms with E-state index in [9.17, 15) is 8.42 Å². The van der Waals surface area contributed by atoms with Crippen LogP contribution in [-0.4, -0.2) is 20.5 Å². The molecule has 1 aromatic rings. The number of nitrogens with one attached hydrogen (secondary N) is 1. The van der Waals surface area contributed by atoms with Crippen molar-refractivity contribution in [1.82, 2.24) is 4.72 Å². The van der Waals surface area contributed by atoms with E-state index in [0.29, 0.717) is 4.47 Å². The average Bonchev–Trinajstić information content (AvgIpc) is 2.25. The van der Waals surface area contributed by atoms with Gasteiger partial charge in [0.15, 0.2) is 0 Å². The van der Waals surface area contributed by atoms with E-state index in [-0.39, 0.29) is 27.4 Å². The van der Waals surface area contributed by atoms with E-state index in [4.69, 9.17) is 28.9 Å². The average molecular weight is 404 g/mol. The zero-order chi connectivity index (χ0) is 15.7. The van der Waals surface area contributed by atoms with Crippen LogP contribution in [0.3, 0.4) is 0 Å². The predicted octanol–water partition coefficient (Wildman–Crippen LogP) is 3.41. The molecular weight excluding hydrogens is 387 g/mol. The van der Waals surface area contributed by atoms with Crippen LogP contribution in [0.25, 0.3) is 0 Å². The Bertz CT molecular complexity index is 584. The fraction of sp³-hybridized carbons (Fsp3) is 0.500. The summed E-state index contributed by atoms with van der Waals surface area (Å²) >= 11 is 15.2. The largest absolute Gasteiger partial charge is 0.329 e. The molecule has 3 N–H and O–H groups in total. The van der Waals surface area contributed by atoms with Crippen molar-refractivity contribution in [3.8, 4) is 0 Å². The monoisotopic (exact) mass is 402 g/mol. The standard InChI is InChI=1S/C12H17BrCl2N2O2S/c1-7(2)12(3,6-16)17-20(18,19)11-9(14)4-8(13)5-10(11)15/h4-5,7,17H,6,16H2,1-3H3. The van der Waals surface area contributed by atoms with Crippen LogP contribution in [0.2, 0.25) is 10.0 Å². The van der Waals surface area contributed by atoms with Gasteiger partial charge in [0.2, 0.25) is 10.0 Å². The Kier molecular flexibility index (Phi) is 5.92. The fourth-order valence-corrected chi connectivity index (χ4v) is 5.02. The van der Waals surface area contributed by atoms with Crippen LogP contribution in [0.1, 0.15) is 20.8 Å². The summed E-state index contributed by atoms with van der Waals surface area (Å²) in [7, 11) is -3.87. The van der Waals surface area contributed by atoms with Gasteiger partial charge in [-0.3, -0.25) is 0 Å². The summed E-state index contributed by atoms with van der Waals surface area (Å²) in [5.41, 5.74) is 4.91. The molecule has 0 radical (unpaired) electrons. The van der Waals surface area contributed by atoms with E-state index in [1.165, 1.54) is 12.1 Å². The zero-order valence-corrected chi connectivity index (χ0v) is 15.3. The van der Waals surface area contributed by atoms with Crippen LogP contribution in [0.4, 0.5) is 0 Å². The van der Waals surface area contributed by atoms with Crippen molar-refractivity contribution in [2.24, 2.45) is 11.7 Å². The fourth-order valence-electron chi connectivity index (χ4n) is 1.54. The predicted molar refractivity (Wildman–Crippen MR) is 86.8 cm³/mol. The maximum atomic E-state index is 12.5. The molecule has 1 aromatic carbocycles. The second-order valence-electron chi connectivity index (χ2n) is 5.08. The first-order valence-electron chi connectivity index (χ1n) is 5.92. The van der Waals surface area contributed by atoms with E-state index in [0.717, 1.165) is 0 Å². The van der Waals surface area contributed by atoms with E-state index < -0.39 is 15.6 Å². The highest BCUT2D eigenvalue weighted by Gasteiger charge is 2.34. The lowest BCUT2D eigenvalue weighted by atomic mass is 9.90. The minimum atomic E-state index is -3.87. The lowest BCUT2D eigenvalue weighted by Crippen LogP contribution is -2.54. The lowest BCUT2D eigenvalue weighted by Gasteiger charge is -2.33. The topological polar surface area (TPSA) is 72.2 Å². The first-order valence-corrected chi connectivity index (χ1v) is 8.95. The highest BCUT2D eigenvalue weighted by Crippen LogP contribution is 2.33. The molecular formula is C12H17BrCl2N2O2S. The highest BCUT2D eigenvalue weighted by atomic mass is 79.9. The number of hydrogen-bond donors (Lipinski definition) is 2. The number of hydrogen-bond acceptors (Lipinski definition) is 3. The normalized spacial score (nSPS) is 15.4. The molecule has 0 bridgehead atoms. The van der Waals surface area contributed by atoms with Crippen LogP contribution >= 0.6 is 39.1 Å². The highest BCUT2D eigenvalue weighted by molar-refractivity contribution is 9.10. The molecule has 0 amide bonds. The molecule has 0 spiro atoms. The van der Waals surface area contributed by atoms with Crippen LogP contribution < -0.4 is 10.5 Å². The Morgan fingerprint density at radius 3 is 2.15 bits per heavy atom. The first-order chi connectivity index (χ1) is 9.03. The number of halogens is 3. The second kappa shape index (κ2) is 6.50. The minimum Gasteiger partial charge on any atom is -0.329 e. The summed E-state index contributed by atoms with van der Waals surface area (Å²) in [6, 6.07) is 2.97. The number of rotatable bonds is 5. The van der Waals surface area contributed by atoms with Gasteiger partial charge in [-0.15, -0.1) is 0 Å². The Hall–Kier alpha value is 0.150. The smallest absolute Gasteiger partial charge is 0.244 e. The molecule has 8 heteroatoms. The van der Waals surface area contributed by atoms with Crippen LogP contribution in [0.5, 0.6) is 0 Å². The van der Waals surface area contributed by atoms with E-state index in [2.05, 4.69) is 20.7 Å². The molecule has 0 fully saturated rings. The summed E-state index contributed by atoms with van der Waals surface area (Å²) < 4.78 is 28.2. The third-order valence-corrected chi connectivity index (χ3v) is 6.29. The molecule has 4 nitrogen and oxygen atoms in total. The molecule has 1 atom stereocenters. The molecule has 20 heavy (non-hydrogen) atoms. The summed E-state index contributed by atoms with van der Waals surface area (Å²) in [5.74, 6) is 0.00951. The summed E-state index contributed by atoms with van der Waals surface area (Å²) in [6.45, 7) is 5.69. The molecule has 1 rings (SSSR count). The lowest BCUT2D eigenvalue weighted by molar-refractivity contribution is 0.315. The van der Waals surface area contributed by atoms with E-state index in [1.54, 1.807) is 6.92 Å². The van der Waals surface area contributed by atoms with E-state index >= 15 is 0 Å². The minimum absolute atomic E-state index is 0.00951. The summed E-state index contributed by atoms with van der Waals surface area (Å²) in [5, 5.41) is 0.111. The van der Waals surface area contributed by atoms with Crippen molar-refractivity contribution in [1.29, 1.82) is 0 Å². The summed E-state index contributed by atoms with van der Waals surface area (Å²) in [4.78, 5) is -0.135. The third kappa shape index (κ3) is 3.87. The van der Waals surface area contributed by atoms with Gasteiger partial charge in [0.25, 0.3) is 0 Å². The SMILES string of the molecule is CC(C)C(C)(CN)NS(=O)(=O)c1c(Cl)cc(Br)cc1Cl. The number of benzene rings is 1. The molecule has 0 aliphatic carbocycles. The van der Waals surface area contributed by atoms with Gasteiger partial charge in [0, 0.05) is 16.6 Å². The van der Waals surface area contributed by atoms with Crippen molar-refractivity contribution in [2.45, 2.75) is 31.2 Å². The van der Waals surface area contributed by atoms with Gasteiger partial charge in [0.05, 0.1) is 10.0 Å². The maximum Gasteiger partial charge on any atom is 0.244 e. The van der Waals surface area contributed by atoms with Crippen molar-refractivity contribution in [3.63, 3.8) is 0 Å². The Morgan fingerprint density at radius 1 is 1.35 bits per heavy atom. The molecule has 1 unspecified atom stereocenters. The third-order valence-electron chi connectivity index (χ3n) is 3.30. The van der Waals surface area contributed by atoms with Crippen molar-refractivity contribution >= 4 is 49.2 Å².